The van der Waals surface area contributed by atoms with Crippen LogP contribution in [-0.2, 0) is 4.43 Å². The van der Waals surface area contributed by atoms with Crippen molar-refractivity contribution >= 4 is 44.4 Å². The first-order valence-electron chi connectivity index (χ1n) is 12.5. The molecule has 182 valence electrons. The zero-order valence-corrected chi connectivity index (χ0v) is 23.7. The maximum Gasteiger partial charge on any atom is 0.0572 e. The maximum absolute atomic E-state index is 4.35. The van der Waals surface area contributed by atoms with E-state index in [0.717, 1.165) is 31.9 Å². The minimum atomic E-state index is 1.01. The number of hydrogen-bond acceptors (Lipinski definition) is 2. The Kier molecular flexibility index (Phi) is 6.07. The summed E-state index contributed by atoms with van der Waals surface area (Å²) < 4.78 is 3.30. The number of hydrogen-bond donors (Lipinski definition) is 0. The Morgan fingerprint density at radius 2 is 1.27 bits per heavy atom. The Bertz CT molecular complexity index is 1740. The molecule has 0 atom stereocenters. The zero-order chi connectivity index (χ0) is 25.7. The molecule has 0 saturated carbocycles. The normalized spacial score (nSPS) is 11.5. The van der Waals surface area contributed by atoms with E-state index >= 15 is 0 Å². The first-order chi connectivity index (χ1) is 18.0. The van der Waals surface area contributed by atoms with Gasteiger partial charge in [-0.3, -0.25) is 9.97 Å². The van der Waals surface area contributed by atoms with Crippen LogP contribution < -0.4 is 0 Å². The molecule has 3 aromatic heterocycles. The summed E-state index contributed by atoms with van der Waals surface area (Å²) in [6.45, 7) is 8.89. The minimum Gasteiger partial charge on any atom is -0.309 e. The van der Waals surface area contributed by atoms with Gasteiger partial charge in [-0.1, -0.05) is 64.6 Å². The third-order valence-electron chi connectivity index (χ3n) is 7.35. The Morgan fingerprint density at radius 1 is 0.676 bits per heavy atom. The third-order valence-corrected chi connectivity index (χ3v) is 8.17. The molecule has 0 bridgehead atoms. The van der Waals surface area contributed by atoms with Crippen LogP contribution >= 0.6 is 22.6 Å². The van der Waals surface area contributed by atoms with E-state index in [4.69, 9.17) is 0 Å². The molecule has 37 heavy (non-hydrogen) atoms. The summed E-state index contributed by atoms with van der Waals surface area (Å²) in [4.78, 5) is 8.70. The second-order valence-electron chi connectivity index (χ2n) is 9.90. The number of halogens is 1. The predicted octanol–water partition coefficient (Wildman–Crippen LogP) is 9.08. The summed E-state index contributed by atoms with van der Waals surface area (Å²) in [5.74, 6) is 0. The SMILES string of the molecule is Cc1cc(C)c(-c2cc(C)c(-c3ccc(-n4c5ccncc5c5cnccc54)cc3)cc2C)c(CI)c1. The number of aromatic nitrogens is 3. The van der Waals surface area contributed by atoms with Crippen LogP contribution in [0.2, 0.25) is 0 Å². The molecule has 0 saturated heterocycles. The minimum absolute atomic E-state index is 1.01. The number of nitrogens with zero attached hydrogens (tertiary/aromatic N) is 3. The average molecular weight is 594 g/mol. The second kappa shape index (κ2) is 9.42. The molecule has 0 aliphatic heterocycles. The van der Waals surface area contributed by atoms with E-state index in [-0.39, 0.29) is 0 Å². The monoisotopic (exact) mass is 593 g/mol. The van der Waals surface area contributed by atoms with Crippen molar-refractivity contribution < 1.29 is 0 Å². The molecule has 3 aromatic carbocycles. The van der Waals surface area contributed by atoms with E-state index in [0.29, 0.717) is 0 Å². The fourth-order valence-electron chi connectivity index (χ4n) is 5.72. The summed E-state index contributed by atoms with van der Waals surface area (Å²) in [7, 11) is 0. The summed E-state index contributed by atoms with van der Waals surface area (Å²) >= 11 is 2.48. The van der Waals surface area contributed by atoms with Crippen LogP contribution in [-0.4, -0.2) is 14.5 Å². The Balaban J connectivity index is 1.44. The Labute approximate surface area is 231 Å². The molecule has 3 nitrogen and oxygen atoms in total. The standard InChI is InChI=1S/C33H28IN3/c1-20-13-23(4)33(25(14-20)17-34)28-16-21(2)27(15-22(28)3)24-5-7-26(8-6-24)37-31-9-11-35-18-29(31)30-19-36-12-10-32(30)37/h5-16,18-19H,17H2,1-4H3. The van der Waals surface area contributed by atoms with Crippen LogP contribution in [0.15, 0.2) is 85.5 Å². The molecule has 0 radical (unpaired) electrons. The summed E-state index contributed by atoms with van der Waals surface area (Å²) in [6.07, 6.45) is 7.56. The number of rotatable bonds is 4. The smallest absolute Gasteiger partial charge is 0.0572 e. The zero-order valence-electron chi connectivity index (χ0n) is 21.5. The fraction of sp³-hybridized carbons (Fsp3) is 0.152. The molecule has 0 aliphatic carbocycles. The highest BCUT2D eigenvalue weighted by atomic mass is 127. The van der Waals surface area contributed by atoms with E-state index < -0.39 is 0 Å². The highest BCUT2D eigenvalue weighted by Crippen LogP contribution is 2.37. The van der Waals surface area contributed by atoms with Crippen LogP contribution in [0.3, 0.4) is 0 Å². The van der Waals surface area contributed by atoms with Gasteiger partial charge >= 0.3 is 0 Å². The molecule has 3 heterocycles. The first-order valence-corrected chi connectivity index (χ1v) is 14.1. The Morgan fingerprint density at radius 3 is 1.89 bits per heavy atom. The predicted molar refractivity (Wildman–Crippen MR) is 164 cm³/mol. The lowest BCUT2D eigenvalue weighted by Crippen LogP contribution is -1.97. The molecule has 0 amide bonds. The van der Waals surface area contributed by atoms with Crippen LogP contribution in [0.1, 0.15) is 27.8 Å². The van der Waals surface area contributed by atoms with Gasteiger partial charge in [0.2, 0.25) is 0 Å². The molecule has 0 unspecified atom stereocenters. The molecule has 0 spiro atoms. The molecule has 0 aliphatic rings. The quantitative estimate of drug-likeness (QED) is 0.151. The van der Waals surface area contributed by atoms with Crippen LogP contribution in [0.5, 0.6) is 0 Å². The third kappa shape index (κ3) is 4.04. The number of alkyl halides is 1. The number of aryl methyl sites for hydroxylation is 4. The van der Waals surface area contributed by atoms with Gasteiger partial charge in [-0.05, 0) is 96.5 Å². The highest BCUT2D eigenvalue weighted by molar-refractivity contribution is 14.1. The maximum atomic E-state index is 4.35. The van der Waals surface area contributed by atoms with E-state index in [2.05, 4.69) is 125 Å². The van der Waals surface area contributed by atoms with Crippen molar-refractivity contribution in [3.05, 3.63) is 113 Å². The van der Waals surface area contributed by atoms with Crippen LogP contribution in [0, 0.1) is 27.7 Å². The van der Waals surface area contributed by atoms with Gasteiger partial charge in [-0.15, -0.1) is 0 Å². The number of pyridine rings is 2. The van der Waals surface area contributed by atoms with Crippen molar-refractivity contribution in [2.24, 2.45) is 0 Å². The molecule has 4 heteroatoms. The molecular formula is C33H28IN3. The summed E-state index contributed by atoms with van der Waals surface area (Å²) in [6, 6.07) is 22.4. The molecule has 0 N–H and O–H groups in total. The molecule has 6 rings (SSSR count). The summed E-state index contributed by atoms with van der Waals surface area (Å²) in [5, 5.41) is 2.24. The van der Waals surface area contributed by atoms with Gasteiger partial charge in [-0.25, -0.2) is 0 Å². The van der Waals surface area contributed by atoms with E-state index in [1.54, 1.807) is 0 Å². The van der Waals surface area contributed by atoms with Crippen molar-refractivity contribution in [1.82, 2.24) is 14.5 Å². The van der Waals surface area contributed by atoms with E-state index in [9.17, 15) is 0 Å². The van der Waals surface area contributed by atoms with Gasteiger partial charge in [0.1, 0.15) is 0 Å². The lowest BCUT2D eigenvalue weighted by molar-refractivity contribution is 1.17. The number of fused-ring (bicyclic) bond motifs is 3. The van der Waals surface area contributed by atoms with E-state index in [1.807, 2.05) is 24.8 Å². The second-order valence-corrected chi connectivity index (χ2v) is 10.7. The van der Waals surface area contributed by atoms with Gasteiger partial charge in [0.25, 0.3) is 0 Å². The Hall–Kier alpha value is -3.51. The lowest BCUT2D eigenvalue weighted by atomic mass is 9.87. The van der Waals surface area contributed by atoms with Crippen molar-refractivity contribution in [1.29, 1.82) is 0 Å². The fourth-order valence-corrected chi connectivity index (χ4v) is 6.32. The van der Waals surface area contributed by atoms with Crippen molar-refractivity contribution in [3.8, 4) is 27.9 Å². The largest absolute Gasteiger partial charge is 0.309 e. The van der Waals surface area contributed by atoms with Gasteiger partial charge in [-0.2, -0.15) is 0 Å². The van der Waals surface area contributed by atoms with Gasteiger partial charge in [0.05, 0.1) is 11.0 Å². The highest BCUT2D eigenvalue weighted by Gasteiger charge is 2.15. The van der Waals surface area contributed by atoms with Crippen molar-refractivity contribution in [3.63, 3.8) is 0 Å². The van der Waals surface area contributed by atoms with Crippen molar-refractivity contribution in [2.45, 2.75) is 32.1 Å². The van der Waals surface area contributed by atoms with Gasteiger partial charge in [0, 0.05) is 45.7 Å². The molecule has 0 fully saturated rings. The van der Waals surface area contributed by atoms with Crippen LogP contribution in [0.25, 0.3) is 49.7 Å². The summed E-state index contributed by atoms with van der Waals surface area (Å²) in [5.41, 5.74) is 15.3. The van der Waals surface area contributed by atoms with E-state index in [1.165, 1.54) is 50.1 Å². The van der Waals surface area contributed by atoms with Gasteiger partial charge in [0.15, 0.2) is 0 Å². The van der Waals surface area contributed by atoms with Gasteiger partial charge < -0.3 is 4.57 Å². The molecular weight excluding hydrogens is 565 g/mol. The first kappa shape index (κ1) is 23.9. The van der Waals surface area contributed by atoms with Crippen LogP contribution in [0.4, 0.5) is 0 Å². The van der Waals surface area contributed by atoms with Crippen molar-refractivity contribution in [2.75, 3.05) is 0 Å². The lowest BCUT2D eigenvalue weighted by Gasteiger charge is -2.18. The number of benzene rings is 3. The molecule has 6 aromatic rings. The topological polar surface area (TPSA) is 30.7 Å². The average Bonchev–Trinajstić information content (AvgIpc) is 3.24.